The number of pyridine rings is 1. The first kappa shape index (κ1) is 21.3. The van der Waals surface area contributed by atoms with Gasteiger partial charge in [-0.15, -0.1) is 0 Å². The molecule has 28 heavy (non-hydrogen) atoms. The number of aromatic nitrogens is 1. The van der Waals surface area contributed by atoms with Gasteiger partial charge in [0.25, 0.3) is 0 Å². The minimum atomic E-state index is -4.55. The van der Waals surface area contributed by atoms with Gasteiger partial charge in [-0.1, -0.05) is 0 Å². The van der Waals surface area contributed by atoms with E-state index in [0.29, 0.717) is 6.20 Å². The van der Waals surface area contributed by atoms with E-state index in [2.05, 4.69) is 10.3 Å². The Morgan fingerprint density at radius 1 is 1.11 bits per heavy atom. The summed E-state index contributed by atoms with van der Waals surface area (Å²) in [5.41, 5.74) is -1.69. The minimum Gasteiger partial charge on any atom is -0.494 e. The topological polar surface area (TPSA) is 69.7 Å². The van der Waals surface area contributed by atoms with E-state index >= 15 is 0 Å². The van der Waals surface area contributed by atoms with Crippen LogP contribution in [0.25, 0.3) is 0 Å². The highest BCUT2D eigenvalue weighted by molar-refractivity contribution is 5.87. The third-order valence-corrected chi connectivity index (χ3v) is 3.17. The number of ether oxygens (including phenoxy) is 3. The van der Waals surface area contributed by atoms with Crippen LogP contribution >= 0.6 is 0 Å². The van der Waals surface area contributed by atoms with E-state index in [-0.39, 0.29) is 23.1 Å². The first-order chi connectivity index (χ1) is 12.9. The van der Waals surface area contributed by atoms with Crippen LogP contribution in [-0.2, 0) is 10.9 Å². The molecule has 10 heteroatoms. The molecule has 0 radical (unpaired) electrons. The molecule has 1 N–H and O–H groups in total. The van der Waals surface area contributed by atoms with Gasteiger partial charge < -0.3 is 14.2 Å². The number of hydrogen-bond donors (Lipinski definition) is 1. The lowest BCUT2D eigenvalue weighted by Crippen LogP contribution is -2.27. The van der Waals surface area contributed by atoms with Crippen molar-refractivity contribution in [3.05, 3.63) is 41.8 Å². The van der Waals surface area contributed by atoms with Gasteiger partial charge in [0.2, 0.25) is 5.88 Å². The molecule has 0 bridgehead atoms. The largest absolute Gasteiger partial charge is 0.494 e. The average molecular weight is 402 g/mol. The molecule has 0 aliphatic heterocycles. The van der Waals surface area contributed by atoms with Crippen LogP contribution in [0.1, 0.15) is 26.3 Å². The maximum absolute atomic E-state index is 14.2. The standard InChI is InChI=1S/C18H18F4N2O4/c1-17(2,3)28-16(25)24-12-8-13(11(19)7-14(12)26-4)27-15-6-5-10(9-23-15)18(20,21)22/h5-9H,1-4H3,(H,24,25). The molecule has 0 aliphatic carbocycles. The Balaban J connectivity index is 2.26. The second kappa shape index (κ2) is 7.91. The molecule has 1 aromatic heterocycles. The van der Waals surface area contributed by atoms with Crippen LogP contribution in [0.5, 0.6) is 17.4 Å². The molecule has 0 fully saturated rings. The monoisotopic (exact) mass is 402 g/mol. The van der Waals surface area contributed by atoms with Crippen molar-refractivity contribution >= 4 is 11.8 Å². The van der Waals surface area contributed by atoms with Gasteiger partial charge in [0.1, 0.15) is 11.4 Å². The molecule has 0 atom stereocenters. The summed E-state index contributed by atoms with van der Waals surface area (Å²) >= 11 is 0. The maximum atomic E-state index is 14.2. The molecule has 1 aromatic carbocycles. The van der Waals surface area contributed by atoms with E-state index in [0.717, 1.165) is 24.3 Å². The highest BCUT2D eigenvalue weighted by atomic mass is 19.4. The van der Waals surface area contributed by atoms with E-state index in [9.17, 15) is 22.4 Å². The number of rotatable bonds is 4. The van der Waals surface area contributed by atoms with Crippen LogP contribution in [0, 0.1) is 5.82 Å². The quantitative estimate of drug-likeness (QED) is 0.695. The zero-order valence-corrected chi connectivity index (χ0v) is 15.5. The summed E-state index contributed by atoms with van der Waals surface area (Å²) in [5.74, 6) is -1.51. The number of alkyl halides is 3. The zero-order chi connectivity index (χ0) is 21.1. The van der Waals surface area contributed by atoms with Gasteiger partial charge in [-0.2, -0.15) is 13.2 Å². The molecule has 0 unspecified atom stereocenters. The van der Waals surface area contributed by atoms with E-state index in [1.807, 2.05) is 0 Å². The number of nitrogens with one attached hydrogen (secondary N) is 1. The predicted octanol–water partition coefficient (Wildman–Crippen LogP) is 5.39. The van der Waals surface area contributed by atoms with E-state index in [1.54, 1.807) is 20.8 Å². The second-order valence-corrected chi connectivity index (χ2v) is 6.59. The molecular formula is C18H18F4N2O4. The summed E-state index contributed by atoms with van der Waals surface area (Å²) < 4.78 is 67.3. The third-order valence-electron chi connectivity index (χ3n) is 3.17. The lowest BCUT2D eigenvalue weighted by molar-refractivity contribution is -0.137. The molecule has 0 spiro atoms. The van der Waals surface area contributed by atoms with Crippen LogP contribution in [-0.4, -0.2) is 23.8 Å². The Kier molecular flexibility index (Phi) is 6.01. The van der Waals surface area contributed by atoms with Crippen molar-refractivity contribution in [2.45, 2.75) is 32.5 Å². The van der Waals surface area contributed by atoms with Crippen molar-refractivity contribution in [2.24, 2.45) is 0 Å². The number of nitrogens with zero attached hydrogens (tertiary/aromatic N) is 1. The molecule has 2 aromatic rings. The summed E-state index contributed by atoms with van der Waals surface area (Å²) in [4.78, 5) is 15.5. The van der Waals surface area contributed by atoms with Crippen LogP contribution in [0.2, 0.25) is 0 Å². The smallest absolute Gasteiger partial charge is 0.417 e. The van der Waals surface area contributed by atoms with Crippen molar-refractivity contribution in [3.8, 4) is 17.4 Å². The molecule has 6 nitrogen and oxygen atoms in total. The van der Waals surface area contributed by atoms with Crippen molar-refractivity contribution in [3.63, 3.8) is 0 Å². The molecule has 1 heterocycles. The van der Waals surface area contributed by atoms with Gasteiger partial charge in [0.05, 0.1) is 18.4 Å². The first-order valence-corrected chi connectivity index (χ1v) is 7.97. The van der Waals surface area contributed by atoms with Gasteiger partial charge in [-0.25, -0.2) is 14.2 Å². The number of hydrogen-bond acceptors (Lipinski definition) is 5. The lowest BCUT2D eigenvalue weighted by Gasteiger charge is -2.20. The normalized spacial score (nSPS) is 11.7. The summed E-state index contributed by atoms with van der Waals surface area (Å²) in [6.45, 7) is 5.00. The van der Waals surface area contributed by atoms with Crippen LogP contribution < -0.4 is 14.8 Å². The second-order valence-electron chi connectivity index (χ2n) is 6.59. The Labute approximate surface area is 158 Å². The van der Waals surface area contributed by atoms with Gasteiger partial charge in [0.15, 0.2) is 11.6 Å². The van der Waals surface area contributed by atoms with Crippen LogP contribution in [0.4, 0.5) is 28.0 Å². The van der Waals surface area contributed by atoms with Gasteiger partial charge >= 0.3 is 12.3 Å². The Hall–Kier alpha value is -3.04. The van der Waals surface area contributed by atoms with E-state index in [1.165, 1.54) is 7.11 Å². The van der Waals surface area contributed by atoms with Crippen molar-refractivity contribution in [1.29, 1.82) is 0 Å². The van der Waals surface area contributed by atoms with E-state index < -0.39 is 29.3 Å². The number of methoxy groups -OCH3 is 1. The van der Waals surface area contributed by atoms with Crippen LogP contribution in [0.15, 0.2) is 30.5 Å². The molecule has 0 saturated carbocycles. The Bertz CT molecular complexity index is 846. The van der Waals surface area contributed by atoms with E-state index in [4.69, 9.17) is 14.2 Å². The van der Waals surface area contributed by atoms with Crippen molar-refractivity contribution in [2.75, 3.05) is 12.4 Å². The summed E-state index contributed by atoms with van der Waals surface area (Å²) in [5, 5.41) is 2.40. The fourth-order valence-corrected chi connectivity index (χ4v) is 2.01. The molecular weight excluding hydrogens is 384 g/mol. The summed E-state index contributed by atoms with van der Waals surface area (Å²) in [6.07, 6.45) is -4.80. The third kappa shape index (κ3) is 5.73. The molecule has 0 aliphatic rings. The Morgan fingerprint density at radius 3 is 2.29 bits per heavy atom. The molecule has 2 rings (SSSR count). The number of benzene rings is 1. The lowest BCUT2D eigenvalue weighted by atomic mass is 10.2. The van der Waals surface area contributed by atoms with Gasteiger partial charge in [-0.3, -0.25) is 5.32 Å². The minimum absolute atomic E-state index is 0.00362. The van der Waals surface area contributed by atoms with Crippen molar-refractivity contribution in [1.82, 2.24) is 4.98 Å². The molecule has 1 amide bonds. The van der Waals surface area contributed by atoms with Crippen LogP contribution in [0.3, 0.4) is 0 Å². The SMILES string of the molecule is COc1cc(F)c(Oc2ccc(C(F)(F)F)cn2)cc1NC(=O)OC(C)(C)C. The average Bonchev–Trinajstić information content (AvgIpc) is 2.55. The number of carbonyl (C=O) groups excluding carboxylic acids is 1. The summed E-state index contributed by atoms with van der Waals surface area (Å²) in [6, 6.07) is 3.76. The fourth-order valence-electron chi connectivity index (χ4n) is 2.01. The highest BCUT2D eigenvalue weighted by Crippen LogP contribution is 2.35. The number of carbonyl (C=O) groups is 1. The summed E-state index contributed by atoms with van der Waals surface area (Å²) in [7, 11) is 1.27. The number of halogens is 4. The predicted molar refractivity (Wildman–Crippen MR) is 92.1 cm³/mol. The molecule has 152 valence electrons. The maximum Gasteiger partial charge on any atom is 0.417 e. The zero-order valence-electron chi connectivity index (χ0n) is 15.5. The number of anilines is 1. The van der Waals surface area contributed by atoms with Crippen molar-refractivity contribution < 1.29 is 36.6 Å². The van der Waals surface area contributed by atoms with Gasteiger partial charge in [-0.05, 0) is 26.8 Å². The fraction of sp³-hybridized carbons (Fsp3) is 0.333. The molecule has 0 saturated heterocycles. The Morgan fingerprint density at radius 2 is 1.79 bits per heavy atom. The highest BCUT2D eigenvalue weighted by Gasteiger charge is 2.30. The van der Waals surface area contributed by atoms with Gasteiger partial charge in [0, 0.05) is 24.4 Å². The first-order valence-electron chi connectivity index (χ1n) is 7.97. The number of amides is 1.